The zero-order chi connectivity index (χ0) is 23.1. The second-order valence-electron chi connectivity index (χ2n) is 5.58. The molecule has 21 heteroatoms. The highest BCUT2D eigenvalue weighted by molar-refractivity contribution is 14.1. The van der Waals surface area contributed by atoms with Gasteiger partial charge in [0.15, 0.2) is 6.23 Å². The van der Waals surface area contributed by atoms with Gasteiger partial charge in [-0.15, -0.1) is 0 Å². The largest absolute Gasteiger partial charge is 0.490 e. The van der Waals surface area contributed by atoms with E-state index in [-0.39, 0.29) is 3.57 Å². The third-order valence-corrected chi connectivity index (χ3v) is 7.92. The highest BCUT2D eigenvalue weighted by Gasteiger charge is 2.46. The summed E-state index contributed by atoms with van der Waals surface area (Å²) >= 11 is 1.59. The highest BCUT2D eigenvalue weighted by Crippen LogP contribution is 2.66. The number of aromatic nitrogens is 2. The van der Waals surface area contributed by atoms with Gasteiger partial charge < -0.3 is 34.5 Å². The van der Waals surface area contributed by atoms with Crippen LogP contribution in [0.4, 0.5) is 0 Å². The van der Waals surface area contributed by atoms with Crippen molar-refractivity contribution in [3.05, 3.63) is 30.6 Å². The molecule has 2 heterocycles. The van der Waals surface area contributed by atoms with Gasteiger partial charge in [0.2, 0.25) is 0 Å². The molecule has 1 aromatic heterocycles. The molecule has 0 bridgehead atoms. The summed E-state index contributed by atoms with van der Waals surface area (Å²) in [5.41, 5.74) is -1.71. The van der Waals surface area contributed by atoms with Gasteiger partial charge in [0, 0.05) is 6.20 Å². The van der Waals surface area contributed by atoms with Crippen LogP contribution in [-0.2, 0) is 31.6 Å². The van der Waals surface area contributed by atoms with Gasteiger partial charge in [-0.3, -0.25) is 18.9 Å². The van der Waals surface area contributed by atoms with Crippen LogP contribution in [-0.4, -0.2) is 64.3 Å². The normalized spacial score (nSPS) is 28.8. The van der Waals surface area contributed by atoms with E-state index in [1.165, 1.54) is 0 Å². The maximum atomic E-state index is 11.9. The van der Waals surface area contributed by atoms with Crippen molar-refractivity contribution < 1.29 is 61.4 Å². The number of hydrogen-bond acceptors (Lipinski definition) is 11. The number of nitrogens with zero attached hydrogens (tertiary/aromatic N) is 1. The molecular formula is C9H14IN2O15P3. The molecule has 0 saturated carbocycles. The summed E-state index contributed by atoms with van der Waals surface area (Å²) in [5, 5.41) is 20.1. The molecule has 1 aromatic rings. The summed E-state index contributed by atoms with van der Waals surface area (Å²) in [5.74, 6) is 0. The Bertz CT molecular complexity index is 1050. The first kappa shape index (κ1) is 26.0. The minimum absolute atomic E-state index is 0.0363. The minimum Gasteiger partial charge on any atom is -0.387 e. The number of rotatable bonds is 8. The molecule has 172 valence electrons. The number of halogens is 1. The van der Waals surface area contributed by atoms with Crippen molar-refractivity contribution >= 4 is 46.1 Å². The summed E-state index contributed by atoms with van der Waals surface area (Å²) in [6, 6.07) is 0. The van der Waals surface area contributed by atoms with E-state index in [1.54, 1.807) is 22.6 Å². The summed E-state index contributed by atoms with van der Waals surface area (Å²) < 4.78 is 50.8. The van der Waals surface area contributed by atoms with Crippen LogP contribution in [0.5, 0.6) is 0 Å². The number of aromatic amines is 1. The van der Waals surface area contributed by atoms with Crippen LogP contribution in [0.25, 0.3) is 0 Å². The SMILES string of the molecule is O=c1[nH]c(=O)n([C@H]2O[C@@H](COP(=O)(O)OP(=O)(O)OP(=O)(O)O)C(O)C2O)cc1I. The van der Waals surface area contributed by atoms with Crippen molar-refractivity contribution in [1.82, 2.24) is 9.55 Å². The zero-order valence-electron chi connectivity index (χ0n) is 14.1. The number of hydrogen-bond donors (Lipinski definition) is 7. The Morgan fingerprint density at radius 1 is 1.07 bits per heavy atom. The van der Waals surface area contributed by atoms with Crippen molar-refractivity contribution in [2.75, 3.05) is 6.61 Å². The van der Waals surface area contributed by atoms with Crippen LogP contribution in [0, 0.1) is 3.57 Å². The lowest BCUT2D eigenvalue weighted by atomic mass is 10.1. The van der Waals surface area contributed by atoms with E-state index in [4.69, 9.17) is 19.4 Å². The van der Waals surface area contributed by atoms with Crippen LogP contribution in [0.1, 0.15) is 6.23 Å². The Morgan fingerprint density at radius 2 is 1.67 bits per heavy atom. The summed E-state index contributed by atoms with van der Waals surface area (Å²) in [6.45, 7) is -1.05. The van der Waals surface area contributed by atoms with E-state index < -0.39 is 65.9 Å². The van der Waals surface area contributed by atoms with Crippen molar-refractivity contribution in [3.63, 3.8) is 0 Å². The lowest BCUT2D eigenvalue weighted by Crippen LogP contribution is -2.38. The molecule has 0 amide bonds. The first-order valence-corrected chi connectivity index (χ1v) is 12.9. The van der Waals surface area contributed by atoms with Crippen LogP contribution in [0.3, 0.4) is 0 Å². The number of nitrogens with one attached hydrogen (secondary N) is 1. The Hall–Kier alpha value is -0.300. The lowest BCUT2D eigenvalue weighted by Gasteiger charge is -2.19. The fraction of sp³-hybridized carbons (Fsp3) is 0.556. The summed E-state index contributed by atoms with van der Waals surface area (Å²) in [6.07, 6.45) is -5.66. The van der Waals surface area contributed by atoms with Gasteiger partial charge in [-0.05, 0) is 22.6 Å². The van der Waals surface area contributed by atoms with Crippen molar-refractivity contribution in [2.45, 2.75) is 24.5 Å². The number of ether oxygens (including phenoxy) is 1. The Morgan fingerprint density at radius 3 is 2.23 bits per heavy atom. The standard InChI is InChI=1S/C9H14IN2O15P3/c10-3-1-12(9(16)11-7(3)15)8-6(14)5(13)4(25-8)2-24-29(20,21)27-30(22,23)26-28(17,18)19/h1,4-6,8,13-14H,2H2,(H,20,21)(H,22,23)(H,11,15,16)(H2,17,18,19)/t4-,5?,6?,8-/m0/s1. The van der Waals surface area contributed by atoms with Gasteiger partial charge in [-0.2, -0.15) is 8.62 Å². The van der Waals surface area contributed by atoms with Crippen LogP contribution >= 0.6 is 46.1 Å². The first-order chi connectivity index (χ1) is 13.5. The van der Waals surface area contributed by atoms with Crippen LogP contribution in [0.2, 0.25) is 0 Å². The molecule has 30 heavy (non-hydrogen) atoms. The third-order valence-electron chi connectivity index (χ3n) is 3.35. The van der Waals surface area contributed by atoms with Crippen LogP contribution < -0.4 is 11.2 Å². The molecule has 17 nitrogen and oxygen atoms in total. The van der Waals surface area contributed by atoms with Gasteiger partial charge in [0.05, 0.1) is 10.2 Å². The fourth-order valence-electron chi connectivity index (χ4n) is 2.22. The van der Waals surface area contributed by atoms with Gasteiger partial charge >= 0.3 is 29.2 Å². The van der Waals surface area contributed by atoms with E-state index in [1.807, 2.05) is 4.98 Å². The number of aliphatic hydroxyl groups is 2. The van der Waals surface area contributed by atoms with Crippen LogP contribution in [0.15, 0.2) is 15.8 Å². The highest BCUT2D eigenvalue weighted by atomic mass is 127. The summed E-state index contributed by atoms with van der Waals surface area (Å²) in [4.78, 5) is 60.6. The van der Waals surface area contributed by atoms with Gasteiger partial charge in [-0.25, -0.2) is 18.5 Å². The number of aliphatic hydroxyl groups excluding tert-OH is 2. The second kappa shape index (κ2) is 9.29. The van der Waals surface area contributed by atoms with E-state index in [9.17, 15) is 38.4 Å². The Kier molecular flexibility index (Phi) is 8.03. The summed E-state index contributed by atoms with van der Waals surface area (Å²) in [7, 11) is -16.8. The molecule has 0 spiro atoms. The smallest absolute Gasteiger partial charge is 0.387 e. The molecule has 0 radical (unpaired) electrons. The van der Waals surface area contributed by atoms with Crippen molar-refractivity contribution in [1.29, 1.82) is 0 Å². The predicted octanol–water partition coefficient (Wildman–Crippen LogP) is -1.90. The molecule has 1 saturated heterocycles. The first-order valence-electron chi connectivity index (χ1n) is 7.32. The predicted molar refractivity (Wildman–Crippen MR) is 99.8 cm³/mol. The quantitative estimate of drug-likeness (QED) is 0.125. The molecule has 2 rings (SSSR count). The van der Waals surface area contributed by atoms with Gasteiger partial charge in [-0.1, -0.05) is 0 Å². The number of H-pyrrole nitrogens is 1. The number of phosphoric acid groups is 3. The molecule has 1 aliphatic rings. The Balaban J connectivity index is 2.09. The molecule has 0 aromatic carbocycles. The van der Waals surface area contributed by atoms with Gasteiger partial charge in [0.25, 0.3) is 5.56 Å². The van der Waals surface area contributed by atoms with E-state index >= 15 is 0 Å². The maximum Gasteiger partial charge on any atom is 0.490 e. The lowest BCUT2D eigenvalue weighted by molar-refractivity contribution is -0.0543. The van der Waals surface area contributed by atoms with Crippen molar-refractivity contribution in [3.8, 4) is 0 Å². The topological polar surface area (TPSA) is 264 Å². The molecule has 6 atom stereocenters. The minimum atomic E-state index is -5.73. The monoisotopic (exact) mass is 610 g/mol. The Labute approximate surface area is 178 Å². The molecule has 1 fully saturated rings. The molecule has 1 aliphatic heterocycles. The number of phosphoric ester groups is 1. The molecule has 0 aliphatic carbocycles. The van der Waals surface area contributed by atoms with Crippen molar-refractivity contribution in [2.24, 2.45) is 0 Å². The average molecular weight is 610 g/mol. The van der Waals surface area contributed by atoms with E-state index in [0.29, 0.717) is 0 Å². The van der Waals surface area contributed by atoms with E-state index in [2.05, 4.69) is 13.1 Å². The third kappa shape index (κ3) is 6.85. The fourth-order valence-corrected chi connectivity index (χ4v) is 5.68. The maximum absolute atomic E-state index is 11.9. The molecular weight excluding hydrogens is 596 g/mol. The second-order valence-corrected chi connectivity index (χ2v) is 11.2. The molecule has 7 N–H and O–H groups in total. The van der Waals surface area contributed by atoms with Gasteiger partial charge in [0.1, 0.15) is 18.3 Å². The van der Waals surface area contributed by atoms with E-state index in [0.717, 1.165) is 10.8 Å². The average Bonchev–Trinajstić information content (AvgIpc) is 2.81. The molecule has 4 unspecified atom stereocenters. The zero-order valence-corrected chi connectivity index (χ0v) is 19.0.